The van der Waals surface area contributed by atoms with E-state index in [-0.39, 0.29) is 47.6 Å². The molecular weight excluding hydrogens is 428 g/mol. The average Bonchev–Trinajstić information content (AvgIpc) is 3.37. The molecule has 1 amide bonds. The molecule has 1 N–H and O–H groups in total. The number of carbonyl (C=O) groups excluding carboxylic acids is 1. The lowest BCUT2D eigenvalue weighted by atomic mass is 10.1. The molecular formula is C23H32N4O4S. The molecule has 1 unspecified atom stereocenters. The summed E-state index contributed by atoms with van der Waals surface area (Å²) in [5.74, 6) is 0.711. The molecule has 1 atom stereocenters. The largest absolute Gasteiger partial charge is 0.335 e. The fraction of sp³-hybridized carbons (Fsp3) is 0.609. The van der Waals surface area contributed by atoms with E-state index in [0.717, 1.165) is 25.7 Å². The second kappa shape index (κ2) is 9.31. The minimum atomic E-state index is -3.08. The van der Waals surface area contributed by atoms with Gasteiger partial charge in [0.1, 0.15) is 5.82 Å². The fourth-order valence-electron chi connectivity index (χ4n) is 4.96. The van der Waals surface area contributed by atoms with Gasteiger partial charge in [-0.05, 0) is 45.2 Å². The first kappa shape index (κ1) is 22.9. The number of carbonyl (C=O) groups is 1. The molecule has 174 valence electrons. The number of H-pyrrole nitrogens is 1. The molecule has 2 heterocycles. The standard InChI is InChI=1S/C23H32N4O4S/c1-16(2)26(13-21-24-20-10-6-5-9-19(20)23(29)25-21)14-22(28)27(17-7-3-4-8-17)18-11-12-32(30,31)15-18/h5-6,9-10,16-18H,3-4,7-8,11-15H2,1-2H3,(H,24,25,29). The molecule has 8 nitrogen and oxygen atoms in total. The lowest BCUT2D eigenvalue weighted by Gasteiger charge is -2.36. The van der Waals surface area contributed by atoms with Gasteiger partial charge in [-0.1, -0.05) is 25.0 Å². The highest BCUT2D eigenvalue weighted by Gasteiger charge is 2.39. The topological polar surface area (TPSA) is 103 Å². The van der Waals surface area contributed by atoms with E-state index in [1.165, 1.54) is 0 Å². The summed E-state index contributed by atoms with van der Waals surface area (Å²) in [6, 6.07) is 7.13. The van der Waals surface area contributed by atoms with Gasteiger partial charge < -0.3 is 9.88 Å². The summed E-state index contributed by atoms with van der Waals surface area (Å²) in [6.45, 7) is 4.52. The van der Waals surface area contributed by atoms with E-state index in [9.17, 15) is 18.0 Å². The van der Waals surface area contributed by atoms with Crippen LogP contribution in [0.5, 0.6) is 0 Å². The first-order valence-corrected chi connectivity index (χ1v) is 13.3. The molecule has 4 rings (SSSR count). The molecule has 2 aromatic rings. The molecule has 0 bridgehead atoms. The monoisotopic (exact) mass is 460 g/mol. The Labute approximate surface area is 188 Å². The van der Waals surface area contributed by atoms with Crippen molar-refractivity contribution < 1.29 is 13.2 Å². The molecule has 2 fully saturated rings. The number of sulfone groups is 1. The van der Waals surface area contributed by atoms with Gasteiger partial charge in [0.05, 0.1) is 35.5 Å². The Hall–Kier alpha value is -2.26. The van der Waals surface area contributed by atoms with Crippen LogP contribution in [0, 0.1) is 0 Å². The van der Waals surface area contributed by atoms with E-state index in [1.807, 2.05) is 29.7 Å². The molecule has 1 aliphatic carbocycles. The van der Waals surface area contributed by atoms with Gasteiger partial charge in [0.25, 0.3) is 5.56 Å². The van der Waals surface area contributed by atoms with Crippen LogP contribution in [0.25, 0.3) is 10.9 Å². The number of hydrogen-bond donors (Lipinski definition) is 1. The first-order valence-electron chi connectivity index (χ1n) is 11.5. The summed E-state index contributed by atoms with van der Waals surface area (Å²) >= 11 is 0. The van der Waals surface area contributed by atoms with Crippen LogP contribution >= 0.6 is 0 Å². The van der Waals surface area contributed by atoms with Crippen molar-refractivity contribution in [3.05, 3.63) is 40.4 Å². The van der Waals surface area contributed by atoms with Gasteiger partial charge in [-0.3, -0.25) is 14.5 Å². The predicted octanol–water partition coefficient (Wildman–Crippen LogP) is 2.09. The van der Waals surface area contributed by atoms with Gasteiger partial charge in [-0.25, -0.2) is 13.4 Å². The van der Waals surface area contributed by atoms with Crippen LogP contribution in [0.15, 0.2) is 29.1 Å². The van der Waals surface area contributed by atoms with Crippen molar-refractivity contribution in [1.29, 1.82) is 0 Å². The molecule has 9 heteroatoms. The normalized spacial score (nSPS) is 21.1. The summed E-state index contributed by atoms with van der Waals surface area (Å²) in [5.41, 5.74) is 0.439. The van der Waals surface area contributed by atoms with Crippen molar-refractivity contribution in [3.63, 3.8) is 0 Å². The zero-order valence-corrected chi connectivity index (χ0v) is 19.6. The third-order valence-electron chi connectivity index (χ3n) is 6.69. The maximum atomic E-state index is 13.5. The highest BCUT2D eigenvalue weighted by molar-refractivity contribution is 7.91. The van der Waals surface area contributed by atoms with Gasteiger partial charge in [0.2, 0.25) is 5.91 Å². The second-order valence-electron chi connectivity index (χ2n) is 9.32. The SMILES string of the molecule is CC(C)N(CC(=O)N(C1CCCC1)C1CCS(=O)(=O)C1)Cc1nc2ccccc2c(=O)[nH]1. The van der Waals surface area contributed by atoms with Crippen molar-refractivity contribution >= 4 is 26.6 Å². The number of hydrogen-bond acceptors (Lipinski definition) is 6. The smallest absolute Gasteiger partial charge is 0.258 e. The summed E-state index contributed by atoms with van der Waals surface area (Å²) in [6.07, 6.45) is 4.53. The average molecular weight is 461 g/mol. The Morgan fingerprint density at radius 2 is 1.88 bits per heavy atom. The number of aromatic amines is 1. The van der Waals surface area contributed by atoms with Crippen molar-refractivity contribution in [2.75, 3.05) is 18.1 Å². The van der Waals surface area contributed by atoms with E-state index in [1.54, 1.807) is 18.2 Å². The van der Waals surface area contributed by atoms with Crippen LogP contribution in [0.2, 0.25) is 0 Å². The minimum Gasteiger partial charge on any atom is -0.335 e. The Morgan fingerprint density at radius 3 is 2.53 bits per heavy atom. The Bertz CT molecular complexity index is 1140. The van der Waals surface area contributed by atoms with Crippen molar-refractivity contribution in [2.24, 2.45) is 0 Å². The van der Waals surface area contributed by atoms with E-state index in [0.29, 0.717) is 29.7 Å². The van der Waals surface area contributed by atoms with E-state index < -0.39 is 9.84 Å². The molecule has 1 aromatic carbocycles. The number of aromatic nitrogens is 2. The molecule has 0 radical (unpaired) electrons. The number of benzene rings is 1. The van der Waals surface area contributed by atoms with Gasteiger partial charge in [-0.2, -0.15) is 0 Å². The molecule has 1 saturated carbocycles. The molecule has 2 aliphatic rings. The van der Waals surface area contributed by atoms with Gasteiger partial charge >= 0.3 is 0 Å². The van der Waals surface area contributed by atoms with Crippen LogP contribution < -0.4 is 5.56 Å². The Balaban J connectivity index is 1.54. The van der Waals surface area contributed by atoms with E-state index in [4.69, 9.17) is 0 Å². The maximum Gasteiger partial charge on any atom is 0.258 e. The van der Waals surface area contributed by atoms with Crippen LogP contribution in [-0.4, -0.2) is 70.3 Å². The van der Waals surface area contributed by atoms with Crippen molar-refractivity contribution in [2.45, 2.75) is 70.6 Å². The first-order chi connectivity index (χ1) is 15.2. The predicted molar refractivity (Wildman–Crippen MR) is 124 cm³/mol. The van der Waals surface area contributed by atoms with Crippen molar-refractivity contribution in [1.82, 2.24) is 19.8 Å². The Kier molecular flexibility index (Phi) is 6.67. The third kappa shape index (κ3) is 5.04. The van der Waals surface area contributed by atoms with Crippen LogP contribution in [-0.2, 0) is 21.2 Å². The number of nitrogens with zero attached hydrogens (tertiary/aromatic N) is 3. The van der Waals surface area contributed by atoms with Crippen LogP contribution in [0.3, 0.4) is 0 Å². The number of para-hydroxylation sites is 1. The Morgan fingerprint density at radius 1 is 1.16 bits per heavy atom. The summed E-state index contributed by atoms with van der Waals surface area (Å²) in [7, 11) is -3.08. The van der Waals surface area contributed by atoms with E-state index >= 15 is 0 Å². The molecule has 32 heavy (non-hydrogen) atoms. The summed E-state index contributed by atoms with van der Waals surface area (Å²) in [5, 5.41) is 0.540. The number of rotatable bonds is 7. The maximum absolute atomic E-state index is 13.5. The van der Waals surface area contributed by atoms with Gasteiger partial charge in [0, 0.05) is 18.1 Å². The number of fused-ring (bicyclic) bond motifs is 1. The molecule has 0 spiro atoms. The zero-order valence-electron chi connectivity index (χ0n) is 18.8. The van der Waals surface area contributed by atoms with Crippen molar-refractivity contribution in [3.8, 4) is 0 Å². The lowest BCUT2D eigenvalue weighted by Crippen LogP contribution is -2.51. The quantitative estimate of drug-likeness (QED) is 0.679. The summed E-state index contributed by atoms with van der Waals surface area (Å²) < 4.78 is 24.2. The lowest BCUT2D eigenvalue weighted by molar-refractivity contribution is -0.137. The van der Waals surface area contributed by atoms with Gasteiger partial charge in [0.15, 0.2) is 9.84 Å². The molecule has 1 aliphatic heterocycles. The summed E-state index contributed by atoms with van der Waals surface area (Å²) in [4.78, 5) is 37.2. The minimum absolute atomic E-state index is 0.0316. The van der Waals surface area contributed by atoms with Gasteiger partial charge in [-0.15, -0.1) is 0 Å². The van der Waals surface area contributed by atoms with Crippen LogP contribution in [0.4, 0.5) is 0 Å². The third-order valence-corrected chi connectivity index (χ3v) is 8.44. The zero-order chi connectivity index (χ0) is 22.9. The highest BCUT2D eigenvalue weighted by atomic mass is 32.2. The highest BCUT2D eigenvalue weighted by Crippen LogP contribution is 2.29. The number of amides is 1. The molecule has 1 saturated heterocycles. The fourth-order valence-corrected chi connectivity index (χ4v) is 6.67. The number of nitrogens with one attached hydrogen (secondary N) is 1. The van der Waals surface area contributed by atoms with E-state index in [2.05, 4.69) is 9.97 Å². The van der Waals surface area contributed by atoms with Crippen LogP contribution in [0.1, 0.15) is 51.8 Å². The second-order valence-corrected chi connectivity index (χ2v) is 11.6. The molecule has 1 aromatic heterocycles.